The summed E-state index contributed by atoms with van der Waals surface area (Å²) in [6, 6.07) is 0. The van der Waals surface area contributed by atoms with Crippen molar-refractivity contribution < 1.29 is 9.84 Å². The van der Waals surface area contributed by atoms with Gasteiger partial charge in [0.2, 0.25) is 0 Å². The molecule has 0 spiro atoms. The highest BCUT2D eigenvalue weighted by atomic mass is 79.9. The van der Waals surface area contributed by atoms with Crippen LogP contribution in [0.4, 0.5) is 0 Å². The normalized spacial score (nSPS) is 18.8. The van der Waals surface area contributed by atoms with Crippen molar-refractivity contribution in [3.05, 3.63) is 16.4 Å². The molecule has 2 atom stereocenters. The second-order valence-corrected chi connectivity index (χ2v) is 6.24. The van der Waals surface area contributed by atoms with E-state index in [1.165, 1.54) is 0 Å². The van der Waals surface area contributed by atoms with Gasteiger partial charge in [-0.1, -0.05) is 0 Å². The number of aliphatic hydroxyl groups is 1. The van der Waals surface area contributed by atoms with Crippen LogP contribution < -0.4 is 0 Å². The Kier molecular flexibility index (Phi) is 5.00. The Hall–Kier alpha value is -0.430. The Morgan fingerprint density at radius 1 is 1.58 bits per heavy atom. The highest BCUT2D eigenvalue weighted by molar-refractivity contribution is 9.10. The van der Waals surface area contributed by atoms with E-state index in [1.807, 2.05) is 18.8 Å². The molecule has 2 unspecified atom stereocenters. The van der Waals surface area contributed by atoms with Gasteiger partial charge in [0.15, 0.2) is 0 Å². The first kappa shape index (κ1) is 15.0. The first-order valence-electron chi connectivity index (χ1n) is 6.61. The molecule has 2 rings (SSSR count). The van der Waals surface area contributed by atoms with Gasteiger partial charge >= 0.3 is 0 Å². The maximum atomic E-state index is 10.6. The molecule has 0 bridgehead atoms. The quantitative estimate of drug-likeness (QED) is 0.825. The summed E-state index contributed by atoms with van der Waals surface area (Å²) in [6.07, 6.45) is 3.26. The lowest BCUT2D eigenvalue weighted by atomic mass is 10.1. The van der Waals surface area contributed by atoms with E-state index in [-0.39, 0.29) is 6.10 Å². The molecule has 0 saturated heterocycles. The standard InChI is InChI=1S/C13H22BrN3O2/c1-16(2)6-7-17-11(10(14)8-15-17)12(18)13(19-3)9-4-5-9/h8-9,12-13,18H,4-7H2,1-3H3. The zero-order chi connectivity index (χ0) is 14.0. The molecule has 1 fully saturated rings. The minimum absolute atomic E-state index is 0.133. The molecule has 108 valence electrons. The fourth-order valence-electron chi connectivity index (χ4n) is 2.30. The van der Waals surface area contributed by atoms with Crippen molar-refractivity contribution in [1.82, 2.24) is 14.7 Å². The van der Waals surface area contributed by atoms with Crippen LogP contribution in [0.25, 0.3) is 0 Å². The van der Waals surface area contributed by atoms with Gasteiger partial charge in [-0.25, -0.2) is 0 Å². The predicted octanol–water partition coefficient (Wildman–Crippen LogP) is 1.67. The molecule has 1 aromatic rings. The van der Waals surface area contributed by atoms with Gasteiger partial charge in [-0.3, -0.25) is 4.68 Å². The van der Waals surface area contributed by atoms with Gasteiger partial charge in [-0.2, -0.15) is 5.10 Å². The van der Waals surface area contributed by atoms with Crippen molar-refractivity contribution in [3.8, 4) is 0 Å². The molecule has 6 heteroatoms. The summed E-state index contributed by atoms with van der Waals surface area (Å²) in [5.74, 6) is 0.476. The average molecular weight is 332 g/mol. The first-order chi connectivity index (χ1) is 9.04. The van der Waals surface area contributed by atoms with Crippen LogP contribution in [0.15, 0.2) is 10.7 Å². The number of ether oxygens (including phenoxy) is 1. The zero-order valence-corrected chi connectivity index (χ0v) is 13.3. The summed E-state index contributed by atoms with van der Waals surface area (Å²) in [5.41, 5.74) is 0.820. The Morgan fingerprint density at radius 2 is 2.26 bits per heavy atom. The Balaban J connectivity index is 2.14. The number of aromatic nitrogens is 2. The number of methoxy groups -OCH3 is 1. The SMILES string of the molecule is COC(C1CC1)C(O)c1c(Br)cnn1CCN(C)C. The Bertz CT molecular complexity index is 418. The molecular formula is C13H22BrN3O2. The first-order valence-corrected chi connectivity index (χ1v) is 7.40. The van der Waals surface area contributed by atoms with E-state index in [0.29, 0.717) is 5.92 Å². The number of hydrogen-bond acceptors (Lipinski definition) is 4. The molecule has 1 aromatic heterocycles. The van der Waals surface area contributed by atoms with Crippen LogP contribution in [0.3, 0.4) is 0 Å². The van der Waals surface area contributed by atoms with Crippen LogP contribution in [-0.4, -0.2) is 53.6 Å². The lowest BCUT2D eigenvalue weighted by Crippen LogP contribution is -2.27. The largest absolute Gasteiger partial charge is 0.384 e. The van der Waals surface area contributed by atoms with Gasteiger partial charge in [0.1, 0.15) is 6.10 Å². The van der Waals surface area contributed by atoms with Crippen molar-refractivity contribution >= 4 is 15.9 Å². The molecule has 0 radical (unpaired) electrons. The topological polar surface area (TPSA) is 50.5 Å². The number of rotatable bonds is 7. The van der Waals surface area contributed by atoms with Crippen LogP contribution in [0.1, 0.15) is 24.6 Å². The van der Waals surface area contributed by atoms with Crippen molar-refractivity contribution in [2.24, 2.45) is 5.92 Å². The third-order valence-corrected chi connectivity index (χ3v) is 4.15. The predicted molar refractivity (Wildman–Crippen MR) is 77.0 cm³/mol. The van der Waals surface area contributed by atoms with Crippen molar-refractivity contribution in [2.75, 3.05) is 27.7 Å². The minimum atomic E-state index is -0.628. The van der Waals surface area contributed by atoms with E-state index in [9.17, 15) is 5.11 Å². The van der Waals surface area contributed by atoms with Crippen molar-refractivity contribution in [3.63, 3.8) is 0 Å². The number of halogens is 1. The second-order valence-electron chi connectivity index (χ2n) is 5.39. The number of aliphatic hydroxyl groups excluding tert-OH is 1. The van der Waals surface area contributed by atoms with Gasteiger partial charge in [-0.15, -0.1) is 0 Å². The molecule has 0 amide bonds. The highest BCUT2D eigenvalue weighted by Crippen LogP contribution is 2.41. The fourth-order valence-corrected chi connectivity index (χ4v) is 2.83. The van der Waals surface area contributed by atoms with Crippen LogP contribution in [0, 0.1) is 5.92 Å². The number of hydrogen-bond donors (Lipinski definition) is 1. The number of likely N-dealkylation sites (N-methyl/N-ethyl adjacent to an activating group) is 1. The van der Waals surface area contributed by atoms with Gasteiger partial charge in [0.05, 0.1) is 29.0 Å². The van der Waals surface area contributed by atoms with E-state index in [0.717, 1.165) is 36.1 Å². The molecule has 1 saturated carbocycles. The summed E-state index contributed by atoms with van der Waals surface area (Å²) in [4.78, 5) is 2.10. The molecule has 0 aromatic carbocycles. The number of nitrogens with zero attached hydrogens (tertiary/aromatic N) is 3. The molecule has 0 aliphatic heterocycles. The fraction of sp³-hybridized carbons (Fsp3) is 0.769. The van der Waals surface area contributed by atoms with Crippen LogP contribution in [0.2, 0.25) is 0 Å². The zero-order valence-electron chi connectivity index (χ0n) is 11.7. The minimum Gasteiger partial charge on any atom is -0.384 e. The van der Waals surface area contributed by atoms with Crippen molar-refractivity contribution in [2.45, 2.75) is 31.6 Å². The highest BCUT2D eigenvalue weighted by Gasteiger charge is 2.38. The molecule has 1 heterocycles. The Morgan fingerprint density at radius 3 is 2.79 bits per heavy atom. The summed E-state index contributed by atoms with van der Waals surface area (Å²) in [5, 5.41) is 14.9. The monoisotopic (exact) mass is 331 g/mol. The van der Waals surface area contributed by atoms with Crippen LogP contribution in [0.5, 0.6) is 0 Å². The smallest absolute Gasteiger partial charge is 0.123 e. The maximum absolute atomic E-state index is 10.6. The van der Waals surface area contributed by atoms with Gasteiger partial charge in [-0.05, 0) is 48.8 Å². The van der Waals surface area contributed by atoms with Gasteiger partial charge < -0.3 is 14.7 Å². The molecule has 5 nitrogen and oxygen atoms in total. The van der Waals surface area contributed by atoms with E-state index >= 15 is 0 Å². The van der Waals surface area contributed by atoms with E-state index < -0.39 is 6.10 Å². The van der Waals surface area contributed by atoms with Gasteiger partial charge in [0.25, 0.3) is 0 Å². The third kappa shape index (κ3) is 3.56. The summed E-state index contributed by atoms with van der Waals surface area (Å²) >= 11 is 3.48. The molecule has 19 heavy (non-hydrogen) atoms. The second kappa shape index (κ2) is 6.35. The van der Waals surface area contributed by atoms with Gasteiger partial charge in [0, 0.05) is 13.7 Å². The molecule has 1 aliphatic rings. The van der Waals surface area contributed by atoms with E-state index in [2.05, 4.69) is 25.9 Å². The lowest BCUT2D eigenvalue weighted by Gasteiger charge is -2.23. The maximum Gasteiger partial charge on any atom is 0.123 e. The third-order valence-electron chi connectivity index (χ3n) is 3.54. The lowest BCUT2D eigenvalue weighted by molar-refractivity contribution is -0.0303. The van der Waals surface area contributed by atoms with Crippen LogP contribution in [-0.2, 0) is 11.3 Å². The molecule has 1 aliphatic carbocycles. The molecular weight excluding hydrogens is 310 g/mol. The average Bonchev–Trinajstić information content (AvgIpc) is 3.11. The summed E-state index contributed by atoms with van der Waals surface area (Å²) in [7, 11) is 5.72. The summed E-state index contributed by atoms with van der Waals surface area (Å²) < 4.78 is 8.19. The summed E-state index contributed by atoms with van der Waals surface area (Å²) in [6.45, 7) is 1.64. The van der Waals surface area contributed by atoms with E-state index in [4.69, 9.17) is 4.74 Å². The van der Waals surface area contributed by atoms with E-state index in [1.54, 1.807) is 13.3 Å². The van der Waals surface area contributed by atoms with Crippen LogP contribution >= 0.6 is 15.9 Å². The van der Waals surface area contributed by atoms with Crippen molar-refractivity contribution in [1.29, 1.82) is 0 Å². The molecule has 1 N–H and O–H groups in total. The Labute approximate surface area is 122 Å².